The fourth-order valence-corrected chi connectivity index (χ4v) is 2.52. The van der Waals surface area contributed by atoms with Crippen molar-refractivity contribution in [3.63, 3.8) is 0 Å². The molecule has 0 unspecified atom stereocenters. The zero-order chi connectivity index (χ0) is 19.6. The number of esters is 1. The number of carbonyl (C=O) groups excluding carboxylic acids is 1. The molecule has 3 heteroatoms. The van der Waals surface area contributed by atoms with E-state index >= 15 is 0 Å². The van der Waals surface area contributed by atoms with Crippen molar-refractivity contribution in [3.8, 4) is 5.75 Å². The molecular weight excluding hydrogens is 336 g/mol. The number of hydrogen-bond acceptors (Lipinski definition) is 3. The molecule has 0 aromatic heterocycles. The maximum atomic E-state index is 11.6. The Kier molecular flexibility index (Phi) is 7.63. The highest BCUT2D eigenvalue weighted by Gasteiger charge is 2.05. The molecule has 3 aromatic rings. The van der Waals surface area contributed by atoms with Gasteiger partial charge in [0.25, 0.3) is 0 Å². The van der Waals surface area contributed by atoms with Gasteiger partial charge in [0.15, 0.2) is 0 Å². The second-order valence-electron chi connectivity index (χ2n) is 6.64. The maximum absolute atomic E-state index is 11.6. The van der Waals surface area contributed by atoms with E-state index in [2.05, 4.69) is 13.8 Å². The fourth-order valence-electron chi connectivity index (χ4n) is 2.52. The van der Waals surface area contributed by atoms with E-state index in [0.717, 1.165) is 16.7 Å². The highest BCUT2D eigenvalue weighted by molar-refractivity contribution is 5.89. The van der Waals surface area contributed by atoms with Crippen LogP contribution in [0, 0.1) is 6.92 Å². The summed E-state index contributed by atoms with van der Waals surface area (Å²) in [6, 6.07) is 24.4. The van der Waals surface area contributed by atoms with Gasteiger partial charge < -0.3 is 9.84 Å². The minimum Gasteiger partial charge on any atom is -0.508 e. The SMILES string of the molecule is Cc1ccc(C(C)C)c(O)c1.O=C(OCc1ccccc1)c1ccccc1. The van der Waals surface area contributed by atoms with Crippen LogP contribution in [-0.2, 0) is 11.3 Å². The number of aromatic hydroxyl groups is 1. The van der Waals surface area contributed by atoms with Crippen molar-refractivity contribution in [3.05, 3.63) is 101 Å². The highest BCUT2D eigenvalue weighted by Crippen LogP contribution is 2.25. The summed E-state index contributed by atoms with van der Waals surface area (Å²) in [4.78, 5) is 11.6. The van der Waals surface area contributed by atoms with Gasteiger partial charge in [-0.3, -0.25) is 0 Å². The van der Waals surface area contributed by atoms with Crippen molar-refractivity contribution in [2.75, 3.05) is 0 Å². The van der Waals surface area contributed by atoms with Gasteiger partial charge in [0.2, 0.25) is 0 Å². The molecule has 140 valence electrons. The summed E-state index contributed by atoms with van der Waals surface area (Å²) in [7, 11) is 0. The van der Waals surface area contributed by atoms with E-state index in [0.29, 0.717) is 23.8 Å². The maximum Gasteiger partial charge on any atom is 0.338 e. The van der Waals surface area contributed by atoms with E-state index in [1.165, 1.54) is 0 Å². The lowest BCUT2D eigenvalue weighted by molar-refractivity contribution is 0.0472. The van der Waals surface area contributed by atoms with Crippen LogP contribution in [0.4, 0.5) is 0 Å². The standard InChI is InChI=1S/C14H12O2.C10H14O/c15-14(13-9-5-2-6-10-13)16-11-12-7-3-1-4-8-12;1-7(2)9-5-4-8(3)6-10(9)11/h1-10H,11H2;4-7,11H,1-3H3. The predicted octanol–water partition coefficient (Wildman–Crippen LogP) is 5.87. The zero-order valence-corrected chi connectivity index (χ0v) is 16.1. The lowest BCUT2D eigenvalue weighted by atomic mass is 10.0. The van der Waals surface area contributed by atoms with Crippen LogP contribution in [0.2, 0.25) is 0 Å². The molecule has 0 aliphatic heterocycles. The summed E-state index contributed by atoms with van der Waals surface area (Å²) < 4.78 is 5.18. The van der Waals surface area contributed by atoms with Crippen molar-refractivity contribution in [2.45, 2.75) is 33.3 Å². The number of phenolic OH excluding ortho intramolecular Hbond substituents is 1. The molecular formula is C24H26O3. The van der Waals surface area contributed by atoms with Crippen LogP contribution in [0.15, 0.2) is 78.9 Å². The lowest BCUT2D eigenvalue weighted by Gasteiger charge is -2.07. The molecule has 3 nitrogen and oxygen atoms in total. The van der Waals surface area contributed by atoms with Crippen LogP contribution in [0.1, 0.15) is 46.8 Å². The lowest BCUT2D eigenvalue weighted by Crippen LogP contribution is -2.04. The van der Waals surface area contributed by atoms with E-state index in [1.54, 1.807) is 18.2 Å². The summed E-state index contributed by atoms with van der Waals surface area (Å²) in [5.74, 6) is 0.528. The number of aryl methyl sites for hydroxylation is 1. The molecule has 0 spiro atoms. The van der Waals surface area contributed by atoms with Crippen LogP contribution in [0.3, 0.4) is 0 Å². The summed E-state index contributed by atoms with van der Waals surface area (Å²) in [6.07, 6.45) is 0. The Morgan fingerprint density at radius 1 is 0.926 bits per heavy atom. The molecule has 0 saturated heterocycles. The van der Waals surface area contributed by atoms with Crippen molar-refractivity contribution in [2.24, 2.45) is 0 Å². The van der Waals surface area contributed by atoms with Crippen molar-refractivity contribution < 1.29 is 14.6 Å². The van der Waals surface area contributed by atoms with Gasteiger partial charge >= 0.3 is 5.97 Å². The summed E-state index contributed by atoms with van der Waals surface area (Å²) in [5, 5.41) is 9.46. The van der Waals surface area contributed by atoms with Crippen LogP contribution in [0.25, 0.3) is 0 Å². The van der Waals surface area contributed by atoms with Crippen LogP contribution < -0.4 is 0 Å². The second kappa shape index (κ2) is 10.2. The zero-order valence-electron chi connectivity index (χ0n) is 16.1. The Morgan fingerprint density at radius 3 is 2.07 bits per heavy atom. The molecule has 1 N–H and O–H groups in total. The Labute approximate surface area is 161 Å². The normalized spacial score (nSPS) is 10.1. The second-order valence-corrected chi connectivity index (χ2v) is 6.64. The van der Waals surface area contributed by atoms with Crippen molar-refractivity contribution in [1.29, 1.82) is 0 Å². The molecule has 0 radical (unpaired) electrons. The Bertz CT molecular complexity index is 840. The van der Waals surface area contributed by atoms with Crippen molar-refractivity contribution >= 4 is 5.97 Å². The quantitative estimate of drug-likeness (QED) is 0.591. The Hall–Kier alpha value is -3.07. The number of ether oxygens (including phenoxy) is 1. The van der Waals surface area contributed by atoms with Crippen LogP contribution in [0.5, 0.6) is 5.75 Å². The van der Waals surface area contributed by atoms with Gasteiger partial charge in [-0.1, -0.05) is 74.5 Å². The van der Waals surface area contributed by atoms with Crippen LogP contribution in [-0.4, -0.2) is 11.1 Å². The van der Waals surface area contributed by atoms with E-state index < -0.39 is 0 Å². The minimum atomic E-state index is -0.288. The number of phenols is 1. The first-order valence-electron chi connectivity index (χ1n) is 9.03. The predicted molar refractivity (Wildman–Crippen MR) is 109 cm³/mol. The molecule has 0 atom stereocenters. The van der Waals surface area contributed by atoms with Gasteiger partial charge in [0.05, 0.1) is 5.56 Å². The third-order valence-electron chi connectivity index (χ3n) is 4.03. The monoisotopic (exact) mass is 362 g/mol. The molecule has 0 fully saturated rings. The van der Waals surface area contributed by atoms with E-state index in [9.17, 15) is 9.90 Å². The molecule has 0 aliphatic rings. The number of hydrogen-bond donors (Lipinski definition) is 1. The number of carbonyl (C=O) groups is 1. The Balaban J connectivity index is 0.000000208. The molecule has 0 amide bonds. The topological polar surface area (TPSA) is 46.5 Å². The van der Waals surface area contributed by atoms with Gasteiger partial charge in [-0.15, -0.1) is 0 Å². The number of benzene rings is 3. The molecule has 27 heavy (non-hydrogen) atoms. The first-order valence-corrected chi connectivity index (χ1v) is 9.03. The summed E-state index contributed by atoms with van der Waals surface area (Å²) in [6.45, 7) is 6.44. The largest absolute Gasteiger partial charge is 0.508 e. The van der Waals surface area contributed by atoms with Gasteiger partial charge in [0.1, 0.15) is 12.4 Å². The third kappa shape index (κ3) is 6.63. The number of rotatable bonds is 4. The van der Waals surface area contributed by atoms with E-state index in [-0.39, 0.29) is 5.97 Å². The smallest absolute Gasteiger partial charge is 0.338 e. The van der Waals surface area contributed by atoms with E-state index in [1.807, 2.05) is 67.6 Å². The first kappa shape index (κ1) is 20.2. The summed E-state index contributed by atoms with van der Waals surface area (Å²) in [5.41, 5.74) is 3.70. The third-order valence-corrected chi connectivity index (χ3v) is 4.03. The van der Waals surface area contributed by atoms with Crippen LogP contribution >= 0.6 is 0 Å². The van der Waals surface area contributed by atoms with Gasteiger partial charge in [-0.2, -0.15) is 0 Å². The van der Waals surface area contributed by atoms with Gasteiger partial charge in [-0.05, 0) is 47.7 Å². The molecule has 0 saturated carbocycles. The molecule has 3 rings (SSSR count). The average molecular weight is 362 g/mol. The van der Waals surface area contributed by atoms with Gasteiger partial charge in [0, 0.05) is 0 Å². The summed E-state index contributed by atoms with van der Waals surface area (Å²) >= 11 is 0. The molecule has 0 aliphatic carbocycles. The van der Waals surface area contributed by atoms with Gasteiger partial charge in [-0.25, -0.2) is 4.79 Å². The molecule has 0 bridgehead atoms. The highest BCUT2D eigenvalue weighted by atomic mass is 16.5. The molecule has 3 aromatic carbocycles. The Morgan fingerprint density at radius 2 is 1.52 bits per heavy atom. The van der Waals surface area contributed by atoms with Crippen molar-refractivity contribution in [1.82, 2.24) is 0 Å². The first-order chi connectivity index (χ1) is 13.0. The minimum absolute atomic E-state index is 0.288. The molecule has 0 heterocycles. The fraction of sp³-hybridized carbons (Fsp3) is 0.208. The van der Waals surface area contributed by atoms with E-state index in [4.69, 9.17) is 4.74 Å². The average Bonchev–Trinajstić information content (AvgIpc) is 2.68.